The number of anilines is 2. The Morgan fingerprint density at radius 2 is 1.75 bits per heavy atom. The summed E-state index contributed by atoms with van der Waals surface area (Å²) in [7, 11) is 3.23. The van der Waals surface area contributed by atoms with Crippen molar-refractivity contribution in [2.24, 2.45) is 0 Å². The summed E-state index contributed by atoms with van der Waals surface area (Å²) in [6.07, 6.45) is 1.54. The molecule has 4 rings (SSSR count). The first-order valence-electron chi connectivity index (χ1n) is 11.8. The van der Waals surface area contributed by atoms with Gasteiger partial charge in [0.15, 0.2) is 11.5 Å². The zero-order valence-electron chi connectivity index (χ0n) is 20.9. The van der Waals surface area contributed by atoms with Crippen LogP contribution in [0.1, 0.15) is 24.2 Å². The summed E-state index contributed by atoms with van der Waals surface area (Å²) in [6.45, 7) is 7.15. The van der Waals surface area contributed by atoms with Gasteiger partial charge in [-0.25, -0.2) is 14.8 Å². The Hall–Kier alpha value is -3.69. The van der Waals surface area contributed by atoms with Gasteiger partial charge in [0.25, 0.3) is 0 Å². The lowest BCUT2D eigenvalue weighted by atomic mass is 10.1. The molecule has 4 aromatic rings. The third kappa shape index (κ3) is 5.58. The van der Waals surface area contributed by atoms with Crippen LogP contribution in [0.2, 0.25) is 0 Å². The minimum Gasteiger partial charge on any atom is -0.493 e. The predicted octanol–water partition coefficient (Wildman–Crippen LogP) is 5.62. The summed E-state index contributed by atoms with van der Waals surface area (Å²) >= 11 is 1.55. The summed E-state index contributed by atoms with van der Waals surface area (Å²) in [5, 5.41) is 6.34. The highest BCUT2D eigenvalue weighted by atomic mass is 32.1. The van der Waals surface area contributed by atoms with Crippen LogP contribution in [0.3, 0.4) is 0 Å². The lowest BCUT2D eigenvalue weighted by Crippen LogP contribution is -2.27. The van der Waals surface area contributed by atoms with Gasteiger partial charge in [-0.3, -0.25) is 0 Å². The average molecular weight is 507 g/mol. The lowest BCUT2D eigenvalue weighted by Gasteiger charge is -2.17. The second-order valence-corrected chi connectivity index (χ2v) is 8.84. The number of aromatic nitrogens is 2. The second-order valence-electron chi connectivity index (χ2n) is 7.99. The number of carbonyl (C=O) groups is 1. The van der Waals surface area contributed by atoms with Crippen molar-refractivity contribution < 1.29 is 19.0 Å². The summed E-state index contributed by atoms with van der Waals surface area (Å²) < 4.78 is 16.3. The van der Waals surface area contributed by atoms with Gasteiger partial charge >= 0.3 is 5.97 Å². The molecule has 0 bridgehead atoms. The van der Waals surface area contributed by atoms with Gasteiger partial charge in [0.1, 0.15) is 23.6 Å². The van der Waals surface area contributed by atoms with Crippen LogP contribution < -0.4 is 14.8 Å². The molecule has 0 radical (unpaired) electrons. The van der Waals surface area contributed by atoms with E-state index in [2.05, 4.69) is 39.4 Å². The van der Waals surface area contributed by atoms with Crippen LogP contribution in [-0.2, 0) is 4.74 Å². The fourth-order valence-corrected chi connectivity index (χ4v) is 4.82. The molecule has 0 unspecified atom stereocenters. The maximum absolute atomic E-state index is 12.4. The van der Waals surface area contributed by atoms with Crippen molar-refractivity contribution in [3.63, 3.8) is 0 Å². The van der Waals surface area contributed by atoms with Gasteiger partial charge in [-0.05, 0) is 55.1 Å². The minimum absolute atomic E-state index is 0.327. The number of ether oxygens (including phenoxy) is 3. The molecule has 9 heteroatoms. The number of hydrogen-bond acceptors (Lipinski definition) is 9. The first-order valence-corrected chi connectivity index (χ1v) is 12.7. The zero-order valence-corrected chi connectivity index (χ0v) is 21.7. The van der Waals surface area contributed by atoms with Crippen LogP contribution >= 0.6 is 11.3 Å². The van der Waals surface area contributed by atoms with Crippen molar-refractivity contribution in [3.8, 4) is 22.6 Å². The summed E-state index contributed by atoms with van der Waals surface area (Å²) in [5.74, 6) is 1.68. The maximum atomic E-state index is 12.4. The molecular weight excluding hydrogens is 476 g/mol. The van der Waals surface area contributed by atoms with E-state index in [0.717, 1.165) is 46.7 Å². The van der Waals surface area contributed by atoms with Gasteiger partial charge in [0, 0.05) is 23.2 Å². The van der Waals surface area contributed by atoms with Crippen molar-refractivity contribution in [2.75, 3.05) is 45.8 Å². The first kappa shape index (κ1) is 25.4. The molecule has 0 saturated carbocycles. The summed E-state index contributed by atoms with van der Waals surface area (Å²) in [6, 6.07) is 13.0. The van der Waals surface area contributed by atoms with E-state index in [1.165, 1.54) is 0 Å². The van der Waals surface area contributed by atoms with Crippen LogP contribution in [0.25, 0.3) is 21.3 Å². The monoisotopic (exact) mass is 506 g/mol. The van der Waals surface area contributed by atoms with Crippen molar-refractivity contribution in [1.82, 2.24) is 14.9 Å². The highest BCUT2D eigenvalue weighted by Gasteiger charge is 2.16. The number of nitrogens with one attached hydrogen (secondary N) is 1. The molecule has 2 aromatic carbocycles. The van der Waals surface area contributed by atoms with Gasteiger partial charge in [0.2, 0.25) is 0 Å². The standard InChI is InChI=1S/C27H30N4O4S/c1-5-31(6-2)13-14-35-27(32)18-7-10-20(11-8-18)30-25-24-21(16-36-26(24)29-17-28-25)19-9-12-22(33-3)23(15-19)34-4/h7-12,15-17H,5-6,13-14H2,1-4H3,(H,28,29,30). The quantitative estimate of drug-likeness (QED) is 0.263. The van der Waals surface area contributed by atoms with Gasteiger partial charge in [-0.1, -0.05) is 19.9 Å². The molecule has 0 aliphatic heterocycles. The molecule has 1 N–H and O–H groups in total. The van der Waals surface area contributed by atoms with Gasteiger partial charge in [-0.15, -0.1) is 11.3 Å². The zero-order chi connectivity index (χ0) is 25.5. The SMILES string of the molecule is CCN(CC)CCOC(=O)c1ccc(Nc2ncnc3scc(-c4ccc(OC)c(OC)c4)c23)cc1. The molecule has 8 nitrogen and oxygen atoms in total. The Labute approximate surface area is 214 Å². The van der Waals surface area contributed by atoms with Crippen LogP contribution in [0, 0.1) is 0 Å². The summed E-state index contributed by atoms with van der Waals surface area (Å²) in [5.41, 5.74) is 3.28. The molecular formula is C27H30N4O4S. The number of nitrogens with zero attached hydrogens (tertiary/aromatic N) is 3. The maximum Gasteiger partial charge on any atom is 0.338 e. The number of rotatable bonds is 11. The Balaban J connectivity index is 1.53. The lowest BCUT2D eigenvalue weighted by molar-refractivity contribution is 0.0466. The van der Waals surface area contributed by atoms with Crippen LogP contribution in [0.5, 0.6) is 11.5 Å². The molecule has 0 aliphatic rings. The Kier molecular flexibility index (Phi) is 8.35. The number of benzene rings is 2. The molecule has 2 aromatic heterocycles. The fourth-order valence-electron chi connectivity index (χ4n) is 3.90. The van der Waals surface area contributed by atoms with E-state index in [1.807, 2.05) is 30.3 Å². The number of methoxy groups -OCH3 is 2. The second kappa shape index (κ2) is 11.8. The molecule has 0 saturated heterocycles. The number of carbonyl (C=O) groups excluding carboxylic acids is 1. The van der Waals surface area contributed by atoms with E-state index in [-0.39, 0.29) is 5.97 Å². The Bertz CT molecular complexity index is 1320. The van der Waals surface area contributed by atoms with Crippen molar-refractivity contribution in [3.05, 3.63) is 59.7 Å². The Morgan fingerprint density at radius 3 is 2.44 bits per heavy atom. The molecule has 0 aliphatic carbocycles. The first-order chi connectivity index (χ1) is 17.6. The third-order valence-electron chi connectivity index (χ3n) is 5.98. The van der Waals surface area contributed by atoms with Gasteiger partial charge in [-0.2, -0.15) is 0 Å². The summed E-state index contributed by atoms with van der Waals surface area (Å²) in [4.78, 5) is 24.4. The van der Waals surface area contributed by atoms with Crippen LogP contribution in [-0.4, -0.2) is 61.3 Å². The molecule has 0 amide bonds. The fraction of sp³-hybridized carbons (Fsp3) is 0.296. The molecule has 0 fully saturated rings. The number of thiophene rings is 1. The highest BCUT2D eigenvalue weighted by molar-refractivity contribution is 7.17. The average Bonchev–Trinajstić information content (AvgIpc) is 3.36. The van der Waals surface area contributed by atoms with E-state index in [0.29, 0.717) is 29.5 Å². The molecule has 2 heterocycles. The molecule has 0 atom stereocenters. The number of esters is 1. The predicted molar refractivity (Wildman–Crippen MR) is 144 cm³/mol. The smallest absolute Gasteiger partial charge is 0.338 e. The van der Waals surface area contributed by atoms with E-state index < -0.39 is 0 Å². The van der Waals surface area contributed by atoms with E-state index in [1.54, 1.807) is 44.0 Å². The van der Waals surface area contributed by atoms with E-state index >= 15 is 0 Å². The Morgan fingerprint density at radius 1 is 1.00 bits per heavy atom. The van der Waals surface area contributed by atoms with Crippen molar-refractivity contribution in [2.45, 2.75) is 13.8 Å². The molecule has 36 heavy (non-hydrogen) atoms. The van der Waals surface area contributed by atoms with Crippen molar-refractivity contribution >= 4 is 39.0 Å². The number of hydrogen-bond donors (Lipinski definition) is 1. The normalized spacial score (nSPS) is 11.0. The minimum atomic E-state index is -0.327. The van der Waals surface area contributed by atoms with Gasteiger partial charge in [0.05, 0.1) is 25.2 Å². The largest absolute Gasteiger partial charge is 0.493 e. The van der Waals surface area contributed by atoms with Crippen molar-refractivity contribution in [1.29, 1.82) is 0 Å². The van der Waals surface area contributed by atoms with E-state index in [4.69, 9.17) is 14.2 Å². The molecule has 188 valence electrons. The van der Waals surface area contributed by atoms with Gasteiger partial charge < -0.3 is 24.4 Å². The van der Waals surface area contributed by atoms with E-state index in [9.17, 15) is 4.79 Å². The van der Waals surface area contributed by atoms with Crippen LogP contribution in [0.15, 0.2) is 54.2 Å². The third-order valence-corrected chi connectivity index (χ3v) is 6.87. The number of likely N-dealkylation sites (N-methyl/N-ethyl adjacent to an activating group) is 1. The highest BCUT2D eigenvalue weighted by Crippen LogP contribution is 2.40. The molecule has 0 spiro atoms. The van der Waals surface area contributed by atoms with Crippen LogP contribution in [0.4, 0.5) is 11.5 Å². The number of fused-ring (bicyclic) bond motifs is 1. The topological polar surface area (TPSA) is 85.8 Å².